The third-order valence-corrected chi connectivity index (χ3v) is 3.53. The maximum Gasteiger partial charge on any atom is 0.0916 e. The van der Waals surface area contributed by atoms with Crippen molar-refractivity contribution in [3.05, 3.63) is 35.4 Å². The van der Waals surface area contributed by atoms with Crippen LogP contribution in [-0.2, 0) is 0 Å². The number of likely N-dealkylation sites (tertiary alicyclic amines) is 1. The molecule has 3 N–H and O–H groups in total. The van der Waals surface area contributed by atoms with Gasteiger partial charge in [0, 0.05) is 12.6 Å². The lowest BCUT2D eigenvalue weighted by Crippen LogP contribution is -2.41. The predicted molar refractivity (Wildman–Crippen MR) is 69.8 cm³/mol. The Morgan fingerprint density at radius 3 is 2.47 bits per heavy atom. The first-order valence-corrected chi connectivity index (χ1v) is 6.38. The number of nitrogens with two attached hydrogens (primary N) is 1. The molecule has 94 valence electrons. The summed E-state index contributed by atoms with van der Waals surface area (Å²) in [5.41, 5.74) is 8.10. The summed E-state index contributed by atoms with van der Waals surface area (Å²) in [6.45, 7) is 4.78. The molecule has 1 saturated heterocycles. The molecule has 17 heavy (non-hydrogen) atoms. The molecule has 1 aliphatic heterocycles. The van der Waals surface area contributed by atoms with Crippen molar-refractivity contribution in [2.24, 2.45) is 5.73 Å². The molecule has 1 heterocycles. The summed E-state index contributed by atoms with van der Waals surface area (Å²) >= 11 is 0. The first-order chi connectivity index (χ1) is 8.15. The molecule has 1 aromatic carbocycles. The van der Waals surface area contributed by atoms with Gasteiger partial charge in [0.15, 0.2) is 0 Å². The Labute approximate surface area is 103 Å². The van der Waals surface area contributed by atoms with E-state index in [4.69, 9.17) is 5.73 Å². The highest BCUT2D eigenvalue weighted by Crippen LogP contribution is 2.17. The quantitative estimate of drug-likeness (QED) is 0.832. The number of aliphatic hydroxyl groups excluding tert-OH is 1. The van der Waals surface area contributed by atoms with Crippen molar-refractivity contribution in [1.29, 1.82) is 0 Å². The van der Waals surface area contributed by atoms with E-state index in [-0.39, 0.29) is 6.10 Å². The van der Waals surface area contributed by atoms with Crippen molar-refractivity contribution in [2.45, 2.75) is 31.9 Å². The summed E-state index contributed by atoms with van der Waals surface area (Å²) in [5.74, 6) is 0. The van der Waals surface area contributed by atoms with Crippen LogP contribution in [0.5, 0.6) is 0 Å². The van der Waals surface area contributed by atoms with Crippen molar-refractivity contribution in [3.8, 4) is 0 Å². The standard InChI is InChI=1S/C14H22N2O/c1-11-2-4-12(5-3-11)14(17)10-16-8-6-13(15)7-9-16/h2-5,13-14,17H,6-10,15H2,1H3. The molecular weight excluding hydrogens is 212 g/mol. The van der Waals surface area contributed by atoms with Gasteiger partial charge in [0.1, 0.15) is 0 Å². The third kappa shape index (κ3) is 3.53. The van der Waals surface area contributed by atoms with E-state index in [9.17, 15) is 5.11 Å². The second-order valence-electron chi connectivity index (χ2n) is 5.06. The Hall–Kier alpha value is -0.900. The highest BCUT2D eigenvalue weighted by Gasteiger charge is 2.19. The number of aryl methyl sites for hydroxylation is 1. The van der Waals surface area contributed by atoms with Crippen LogP contribution in [0, 0.1) is 6.92 Å². The van der Waals surface area contributed by atoms with E-state index < -0.39 is 0 Å². The zero-order valence-corrected chi connectivity index (χ0v) is 10.5. The topological polar surface area (TPSA) is 49.5 Å². The second kappa shape index (κ2) is 5.63. The Kier molecular flexibility index (Phi) is 4.15. The van der Waals surface area contributed by atoms with Crippen LogP contribution >= 0.6 is 0 Å². The van der Waals surface area contributed by atoms with Crippen LogP contribution < -0.4 is 5.73 Å². The third-order valence-electron chi connectivity index (χ3n) is 3.53. The van der Waals surface area contributed by atoms with Crippen LogP contribution in [0.15, 0.2) is 24.3 Å². The van der Waals surface area contributed by atoms with Crippen molar-refractivity contribution in [2.75, 3.05) is 19.6 Å². The van der Waals surface area contributed by atoms with E-state index in [1.807, 2.05) is 24.3 Å². The van der Waals surface area contributed by atoms with Gasteiger partial charge < -0.3 is 15.7 Å². The molecule has 0 spiro atoms. The van der Waals surface area contributed by atoms with Crippen LogP contribution in [0.2, 0.25) is 0 Å². The zero-order chi connectivity index (χ0) is 12.3. The lowest BCUT2D eigenvalue weighted by molar-refractivity contribution is 0.0977. The lowest BCUT2D eigenvalue weighted by Gasteiger charge is -2.31. The van der Waals surface area contributed by atoms with Gasteiger partial charge in [-0.15, -0.1) is 0 Å². The van der Waals surface area contributed by atoms with Crippen LogP contribution in [-0.4, -0.2) is 35.7 Å². The minimum Gasteiger partial charge on any atom is -0.387 e. The maximum atomic E-state index is 10.2. The number of β-amino-alcohol motifs (C(OH)–C–C–N with tert-alkyl or cyclic N) is 1. The molecule has 0 saturated carbocycles. The molecule has 1 aliphatic rings. The van der Waals surface area contributed by atoms with E-state index in [1.165, 1.54) is 5.56 Å². The molecule has 0 amide bonds. The molecule has 1 atom stereocenters. The van der Waals surface area contributed by atoms with Gasteiger partial charge in [-0.25, -0.2) is 0 Å². The van der Waals surface area contributed by atoms with E-state index >= 15 is 0 Å². The fraction of sp³-hybridized carbons (Fsp3) is 0.571. The lowest BCUT2D eigenvalue weighted by atomic mass is 10.0. The highest BCUT2D eigenvalue weighted by molar-refractivity contribution is 5.23. The average Bonchev–Trinajstić information content (AvgIpc) is 2.33. The molecule has 1 aromatic rings. The van der Waals surface area contributed by atoms with Gasteiger partial charge in [-0.2, -0.15) is 0 Å². The summed E-state index contributed by atoms with van der Waals surface area (Å²) in [4.78, 5) is 2.30. The van der Waals surface area contributed by atoms with E-state index in [1.54, 1.807) is 0 Å². The van der Waals surface area contributed by atoms with Crippen LogP contribution in [0.3, 0.4) is 0 Å². The highest BCUT2D eigenvalue weighted by atomic mass is 16.3. The van der Waals surface area contributed by atoms with E-state index in [0.717, 1.165) is 38.0 Å². The maximum absolute atomic E-state index is 10.2. The summed E-state index contributed by atoms with van der Waals surface area (Å²) in [5, 5.41) is 10.2. The zero-order valence-electron chi connectivity index (χ0n) is 10.5. The fourth-order valence-corrected chi connectivity index (χ4v) is 2.27. The van der Waals surface area contributed by atoms with E-state index in [2.05, 4.69) is 11.8 Å². The number of benzene rings is 1. The molecule has 1 unspecified atom stereocenters. The number of hydrogen-bond acceptors (Lipinski definition) is 3. The van der Waals surface area contributed by atoms with Crippen molar-refractivity contribution < 1.29 is 5.11 Å². The van der Waals surface area contributed by atoms with Crippen molar-refractivity contribution in [3.63, 3.8) is 0 Å². The van der Waals surface area contributed by atoms with Gasteiger partial charge in [0.25, 0.3) is 0 Å². The smallest absolute Gasteiger partial charge is 0.0916 e. The number of aliphatic hydroxyl groups is 1. The fourth-order valence-electron chi connectivity index (χ4n) is 2.27. The molecule has 1 fully saturated rings. The molecule has 0 aliphatic carbocycles. The summed E-state index contributed by atoms with van der Waals surface area (Å²) in [6.07, 6.45) is 1.70. The SMILES string of the molecule is Cc1ccc(C(O)CN2CCC(N)CC2)cc1. The first-order valence-electron chi connectivity index (χ1n) is 6.38. The molecule has 0 radical (unpaired) electrons. The minimum atomic E-state index is -0.384. The van der Waals surface area contributed by atoms with Gasteiger partial charge in [-0.1, -0.05) is 29.8 Å². The Balaban J connectivity index is 1.88. The number of nitrogens with zero attached hydrogens (tertiary/aromatic N) is 1. The van der Waals surface area contributed by atoms with E-state index in [0.29, 0.717) is 6.04 Å². The number of rotatable bonds is 3. The second-order valence-corrected chi connectivity index (χ2v) is 5.06. The molecular formula is C14H22N2O. The van der Waals surface area contributed by atoms with Gasteiger partial charge in [-0.05, 0) is 38.4 Å². The normalized spacial score (nSPS) is 20.4. The Morgan fingerprint density at radius 1 is 1.29 bits per heavy atom. The minimum absolute atomic E-state index is 0.350. The molecule has 2 rings (SSSR count). The molecule has 0 bridgehead atoms. The summed E-state index contributed by atoms with van der Waals surface area (Å²) < 4.78 is 0. The van der Waals surface area contributed by atoms with Gasteiger partial charge in [-0.3, -0.25) is 0 Å². The monoisotopic (exact) mass is 234 g/mol. The van der Waals surface area contributed by atoms with Crippen LogP contribution in [0.1, 0.15) is 30.1 Å². The summed E-state index contributed by atoms with van der Waals surface area (Å²) in [7, 11) is 0. The first kappa shape index (κ1) is 12.6. The van der Waals surface area contributed by atoms with Crippen LogP contribution in [0.4, 0.5) is 0 Å². The van der Waals surface area contributed by atoms with Gasteiger partial charge in [0.05, 0.1) is 6.10 Å². The van der Waals surface area contributed by atoms with Gasteiger partial charge >= 0.3 is 0 Å². The largest absolute Gasteiger partial charge is 0.387 e. The predicted octanol–water partition coefficient (Wildman–Crippen LogP) is 1.45. The number of piperidine rings is 1. The Bertz CT molecular complexity index is 342. The average molecular weight is 234 g/mol. The number of hydrogen-bond donors (Lipinski definition) is 2. The molecule has 3 heteroatoms. The molecule has 3 nitrogen and oxygen atoms in total. The van der Waals surface area contributed by atoms with Crippen LogP contribution in [0.25, 0.3) is 0 Å². The van der Waals surface area contributed by atoms with Gasteiger partial charge in [0.2, 0.25) is 0 Å². The summed E-state index contributed by atoms with van der Waals surface area (Å²) in [6, 6.07) is 8.46. The van der Waals surface area contributed by atoms with Crippen molar-refractivity contribution in [1.82, 2.24) is 4.90 Å². The Morgan fingerprint density at radius 2 is 1.88 bits per heavy atom. The molecule has 0 aromatic heterocycles. The van der Waals surface area contributed by atoms with Crippen molar-refractivity contribution >= 4 is 0 Å².